The van der Waals surface area contributed by atoms with Crippen LogP contribution in [-0.2, 0) is 14.3 Å². The van der Waals surface area contributed by atoms with Crippen LogP contribution in [0.15, 0.2) is 36.7 Å². The quantitative estimate of drug-likeness (QED) is 0.108. The van der Waals surface area contributed by atoms with Crippen molar-refractivity contribution in [1.29, 1.82) is 0 Å². The number of Topliss-reactive ketones (excluding diaryl/α,β-unsaturated/α-hetero) is 1. The fourth-order valence-electron chi connectivity index (χ4n) is 3.68. The molecule has 1 aliphatic heterocycles. The molecule has 1 saturated heterocycles. The second-order valence-corrected chi connectivity index (χ2v) is 13.0. The molecule has 8 heteroatoms. The van der Waals surface area contributed by atoms with Crippen LogP contribution in [0.4, 0.5) is 0 Å². The van der Waals surface area contributed by atoms with Crippen molar-refractivity contribution in [1.82, 2.24) is 10.3 Å². The average Bonchev–Trinajstić information content (AvgIpc) is 3.33. The summed E-state index contributed by atoms with van der Waals surface area (Å²) in [5.41, 5.74) is 1.17. The number of nitrogens with zero attached hydrogens (tertiary/aromatic N) is 1. The largest absolute Gasteiger partial charge is 0.459 e. The summed E-state index contributed by atoms with van der Waals surface area (Å²) in [6.07, 6.45) is 10.1. The van der Waals surface area contributed by atoms with Gasteiger partial charge in [-0.25, -0.2) is 0 Å². The van der Waals surface area contributed by atoms with E-state index in [2.05, 4.69) is 23.8 Å². The molecule has 0 spiro atoms. The number of nitrogens with one attached hydrogen (secondary N) is 1. The Morgan fingerprint density at radius 2 is 1.77 bits per heavy atom. The molecule has 2 rings (SSSR count). The van der Waals surface area contributed by atoms with Crippen LogP contribution in [0.5, 0.6) is 0 Å². The monoisotopic (exact) mass is 582 g/mol. The first-order chi connectivity index (χ1) is 18.4. The molecule has 6 nitrogen and oxygen atoms in total. The van der Waals surface area contributed by atoms with Crippen LogP contribution in [0.1, 0.15) is 124 Å². The highest BCUT2D eigenvalue weighted by Crippen LogP contribution is 2.49. The third-order valence-electron chi connectivity index (χ3n) is 5.34. The van der Waals surface area contributed by atoms with E-state index >= 15 is 0 Å². The van der Waals surface area contributed by atoms with Crippen LogP contribution in [0.2, 0.25) is 0 Å². The summed E-state index contributed by atoms with van der Waals surface area (Å²) in [4.78, 5) is 37.8. The summed E-state index contributed by atoms with van der Waals surface area (Å²) in [6.45, 7) is 22.2. The zero-order valence-electron chi connectivity index (χ0n) is 26.0. The van der Waals surface area contributed by atoms with Gasteiger partial charge in [0.15, 0.2) is 0 Å². The Kier molecular flexibility index (Phi) is 23.2. The minimum atomic E-state index is -0.424. The number of carbonyl (C=O) groups is 3. The van der Waals surface area contributed by atoms with E-state index in [9.17, 15) is 14.4 Å². The lowest BCUT2D eigenvalue weighted by molar-refractivity contribution is -0.156. The maximum absolute atomic E-state index is 11.9. The third-order valence-corrected chi connectivity index (χ3v) is 8.70. The average molecular weight is 583 g/mol. The predicted molar refractivity (Wildman–Crippen MR) is 170 cm³/mol. The van der Waals surface area contributed by atoms with E-state index in [0.717, 1.165) is 24.8 Å². The van der Waals surface area contributed by atoms with Gasteiger partial charge in [-0.15, -0.1) is 0 Å². The number of hydrogen-bond acceptors (Lipinski definition) is 7. The van der Waals surface area contributed by atoms with Gasteiger partial charge in [0, 0.05) is 48.7 Å². The van der Waals surface area contributed by atoms with Gasteiger partial charge in [0.05, 0.1) is 5.56 Å². The highest BCUT2D eigenvalue weighted by Gasteiger charge is 2.30. The van der Waals surface area contributed by atoms with Gasteiger partial charge in [0.25, 0.3) is 5.91 Å². The number of ketones is 1. The Hall–Kier alpha value is -1.80. The molecule has 1 fully saturated rings. The van der Waals surface area contributed by atoms with Crippen molar-refractivity contribution in [2.45, 2.75) is 124 Å². The molecule has 1 aromatic heterocycles. The molecule has 0 aliphatic carbocycles. The molecule has 39 heavy (non-hydrogen) atoms. The van der Waals surface area contributed by atoms with E-state index in [1.807, 2.05) is 70.1 Å². The number of ether oxygens (including phenoxy) is 1. The highest BCUT2D eigenvalue weighted by atomic mass is 33.1. The van der Waals surface area contributed by atoms with Crippen molar-refractivity contribution in [3.05, 3.63) is 42.2 Å². The smallest absolute Gasteiger partial charge is 0.306 e. The van der Waals surface area contributed by atoms with Crippen molar-refractivity contribution in [3.63, 3.8) is 0 Å². The molecule has 1 amide bonds. The normalized spacial score (nSPS) is 15.7. The van der Waals surface area contributed by atoms with Gasteiger partial charge in [-0.2, -0.15) is 0 Å². The number of amides is 1. The van der Waals surface area contributed by atoms with E-state index in [1.54, 1.807) is 25.3 Å². The van der Waals surface area contributed by atoms with Gasteiger partial charge in [-0.1, -0.05) is 67.9 Å². The van der Waals surface area contributed by atoms with E-state index in [4.69, 9.17) is 4.74 Å². The van der Waals surface area contributed by atoms with Crippen molar-refractivity contribution < 1.29 is 19.1 Å². The van der Waals surface area contributed by atoms with E-state index in [1.165, 1.54) is 24.8 Å². The molecule has 2 heterocycles. The number of carbonyl (C=O) groups excluding carboxylic acids is 3. The van der Waals surface area contributed by atoms with Crippen LogP contribution >= 0.6 is 21.6 Å². The minimum absolute atomic E-state index is 0.0742. The first kappa shape index (κ1) is 39.3. The summed E-state index contributed by atoms with van der Waals surface area (Å²) < 4.78 is 5.96. The van der Waals surface area contributed by atoms with Crippen molar-refractivity contribution in [2.75, 3.05) is 12.3 Å². The van der Waals surface area contributed by atoms with Crippen LogP contribution in [-0.4, -0.2) is 45.3 Å². The zero-order valence-corrected chi connectivity index (χ0v) is 27.6. The number of unbranched alkanes of at least 4 members (excludes halogenated alkanes) is 1. The lowest BCUT2D eigenvalue weighted by atomic mass is 9.99. The second kappa shape index (κ2) is 23.0. The molecule has 1 aliphatic rings. The number of hydrogen-bond donors (Lipinski definition) is 1. The number of aromatic nitrogens is 1. The van der Waals surface area contributed by atoms with E-state index < -0.39 is 5.60 Å². The van der Waals surface area contributed by atoms with E-state index in [0.29, 0.717) is 36.1 Å². The van der Waals surface area contributed by atoms with Gasteiger partial charge in [-0.3, -0.25) is 14.6 Å². The third kappa shape index (κ3) is 21.7. The topological polar surface area (TPSA) is 85.4 Å². The molecule has 224 valence electrons. The number of esters is 1. The SMILES string of the molecule is C=C(C)CC(C)(C)OC(=O)CCCC[C@]1(C)CCSS1.CC.CC.CC(=O)CCCNC(=O)c1cccnc1. The molecule has 0 aromatic carbocycles. The molecule has 1 atom stereocenters. The molecule has 1 N–H and O–H groups in total. The summed E-state index contributed by atoms with van der Waals surface area (Å²) in [7, 11) is 3.99. The van der Waals surface area contributed by atoms with Crippen LogP contribution < -0.4 is 5.32 Å². The van der Waals surface area contributed by atoms with Gasteiger partial charge in [0.1, 0.15) is 11.4 Å². The maximum atomic E-state index is 11.9. The molecular weight excluding hydrogens is 528 g/mol. The fraction of sp³-hybridized carbons (Fsp3) is 0.677. The molecular formula is C31H54N2O4S2. The molecule has 0 saturated carbocycles. The number of pyridine rings is 1. The zero-order chi connectivity index (χ0) is 30.3. The first-order valence-corrected chi connectivity index (χ1v) is 16.6. The van der Waals surface area contributed by atoms with Gasteiger partial charge < -0.3 is 14.8 Å². The van der Waals surface area contributed by atoms with Crippen molar-refractivity contribution >= 4 is 39.2 Å². The summed E-state index contributed by atoms with van der Waals surface area (Å²) >= 11 is 0. The van der Waals surface area contributed by atoms with Crippen molar-refractivity contribution in [2.24, 2.45) is 0 Å². The van der Waals surface area contributed by atoms with E-state index in [-0.39, 0.29) is 17.7 Å². The predicted octanol–water partition coefficient (Wildman–Crippen LogP) is 8.61. The molecule has 1 aromatic rings. The second-order valence-electron chi connectivity index (χ2n) is 9.98. The Labute approximate surface area is 246 Å². The molecule has 0 unspecified atom stereocenters. The van der Waals surface area contributed by atoms with Crippen LogP contribution in [0, 0.1) is 0 Å². The Balaban J connectivity index is 0. The summed E-state index contributed by atoms with van der Waals surface area (Å²) in [6, 6.07) is 3.41. The molecule has 0 radical (unpaired) electrons. The highest BCUT2D eigenvalue weighted by molar-refractivity contribution is 8.77. The number of rotatable bonds is 13. The fourth-order valence-corrected chi connectivity index (χ4v) is 6.98. The van der Waals surface area contributed by atoms with Gasteiger partial charge in [0.2, 0.25) is 0 Å². The maximum Gasteiger partial charge on any atom is 0.306 e. The van der Waals surface area contributed by atoms with Gasteiger partial charge in [-0.05, 0) is 72.4 Å². The lowest BCUT2D eigenvalue weighted by Gasteiger charge is -2.25. The standard InChI is InChI=1S/C16H28O2S2.C11H14N2O2.2C2H6/c1-13(2)12-15(3,4)18-14(17)8-6-7-9-16(5)10-11-19-20-16;1-9(14)4-2-7-13-11(15)10-5-3-6-12-8-10;2*1-2/h1,6-12H2,2-5H3;3,5-6,8H,2,4,7H2,1H3,(H,13,15);2*1-2H3/t16-;;;/m1.../s1. The Morgan fingerprint density at radius 1 is 1.10 bits per heavy atom. The van der Waals surface area contributed by atoms with Crippen molar-refractivity contribution in [3.8, 4) is 0 Å². The first-order valence-electron chi connectivity index (χ1n) is 14.3. The summed E-state index contributed by atoms with van der Waals surface area (Å²) in [5, 5.41) is 2.72. The molecule has 0 bridgehead atoms. The Morgan fingerprint density at radius 3 is 2.28 bits per heavy atom. The van der Waals surface area contributed by atoms with Crippen LogP contribution in [0.3, 0.4) is 0 Å². The lowest BCUT2D eigenvalue weighted by Crippen LogP contribution is -2.28. The van der Waals surface area contributed by atoms with Gasteiger partial charge >= 0.3 is 5.97 Å². The minimum Gasteiger partial charge on any atom is -0.459 e. The summed E-state index contributed by atoms with van der Waals surface area (Å²) in [5.74, 6) is 1.19. The van der Waals surface area contributed by atoms with Crippen LogP contribution in [0.25, 0.3) is 0 Å². The Bertz CT molecular complexity index is 823.